The molecule has 2 aromatic rings. The zero-order chi connectivity index (χ0) is 15.2. The Morgan fingerprint density at radius 2 is 2.10 bits per heavy atom. The summed E-state index contributed by atoms with van der Waals surface area (Å²) in [6.45, 7) is 0.0964. The van der Waals surface area contributed by atoms with E-state index < -0.39 is 5.97 Å². The van der Waals surface area contributed by atoms with Crippen LogP contribution >= 0.6 is 0 Å². The lowest BCUT2D eigenvalue weighted by Gasteiger charge is -2.08. The predicted octanol–water partition coefficient (Wildman–Crippen LogP) is 2.24. The normalized spacial score (nSPS) is 9.71. The topological polar surface area (TPSA) is 92.4 Å². The summed E-state index contributed by atoms with van der Waals surface area (Å²) in [6.07, 6.45) is 0. The summed E-state index contributed by atoms with van der Waals surface area (Å²) in [5.74, 6) is -0.130. The van der Waals surface area contributed by atoms with Crippen molar-refractivity contribution < 1.29 is 19.4 Å². The summed E-state index contributed by atoms with van der Waals surface area (Å²) in [4.78, 5) is 14.8. The van der Waals surface area contributed by atoms with Gasteiger partial charge in [-0.2, -0.15) is 5.26 Å². The number of carboxylic acid groups (broad SMARTS) is 1. The van der Waals surface area contributed by atoms with Crippen molar-refractivity contribution in [2.24, 2.45) is 0 Å². The van der Waals surface area contributed by atoms with Crippen LogP contribution in [0.4, 0.5) is 0 Å². The molecule has 1 N–H and O–H groups in total. The van der Waals surface area contributed by atoms with Crippen molar-refractivity contribution in [2.45, 2.75) is 6.61 Å². The number of carbonyl (C=O) groups is 1. The molecule has 0 amide bonds. The molecular weight excluding hydrogens is 272 g/mol. The average Bonchev–Trinajstić information content (AvgIpc) is 2.52. The Hall–Kier alpha value is -3.07. The van der Waals surface area contributed by atoms with Gasteiger partial charge in [0.05, 0.1) is 24.4 Å². The molecule has 0 bridgehead atoms. The first kappa shape index (κ1) is 14.3. The van der Waals surface area contributed by atoms with Crippen molar-refractivity contribution in [1.29, 1.82) is 5.26 Å². The predicted molar refractivity (Wildman–Crippen MR) is 73.2 cm³/mol. The molecule has 1 aromatic carbocycles. The van der Waals surface area contributed by atoms with Crippen LogP contribution in [0.2, 0.25) is 0 Å². The molecule has 0 fully saturated rings. The summed E-state index contributed by atoms with van der Waals surface area (Å²) in [5.41, 5.74) is 0.854. The number of methoxy groups -OCH3 is 1. The number of aromatic carboxylic acids is 1. The van der Waals surface area contributed by atoms with Crippen LogP contribution in [0.5, 0.6) is 11.5 Å². The fourth-order valence-electron chi connectivity index (χ4n) is 1.67. The van der Waals surface area contributed by atoms with Gasteiger partial charge in [-0.1, -0.05) is 6.07 Å². The standard InChI is InChI=1S/C15H12N2O4/c1-20-12-5-10(8-16)6-13(7-12)21-9-11-3-2-4-14(17-11)15(18)19/h2-7H,9H2,1H3,(H,18,19). The second-order valence-corrected chi connectivity index (χ2v) is 4.12. The number of hydrogen-bond donors (Lipinski definition) is 1. The molecule has 106 valence electrons. The van der Waals surface area contributed by atoms with Crippen LogP contribution in [0, 0.1) is 11.3 Å². The minimum atomic E-state index is -1.09. The molecule has 21 heavy (non-hydrogen) atoms. The quantitative estimate of drug-likeness (QED) is 0.905. The van der Waals surface area contributed by atoms with E-state index in [2.05, 4.69) is 4.98 Å². The van der Waals surface area contributed by atoms with Crippen molar-refractivity contribution in [3.63, 3.8) is 0 Å². The van der Waals surface area contributed by atoms with Gasteiger partial charge in [-0.3, -0.25) is 0 Å². The lowest BCUT2D eigenvalue weighted by Crippen LogP contribution is -2.05. The van der Waals surface area contributed by atoms with E-state index in [4.69, 9.17) is 19.8 Å². The molecule has 0 saturated heterocycles. The monoisotopic (exact) mass is 284 g/mol. The Balaban J connectivity index is 2.14. The highest BCUT2D eigenvalue weighted by atomic mass is 16.5. The first-order valence-corrected chi connectivity index (χ1v) is 6.03. The van der Waals surface area contributed by atoms with E-state index in [0.717, 1.165) is 0 Å². The van der Waals surface area contributed by atoms with Gasteiger partial charge in [-0.15, -0.1) is 0 Å². The van der Waals surface area contributed by atoms with Crippen LogP contribution in [-0.4, -0.2) is 23.2 Å². The van der Waals surface area contributed by atoms with E-state index >= 15 is 0 Å². The molecule has 0 atom stereocenters. The van der Waals surface area contributed by atoms with E-state index in [-0.39, 0.29) is 12.3 Å². The maximum absolute atomic E-state index is 10.8. The third-order valence-electron chi connectivity index (χ3n) is 2.66. The number of ether oxygens (including phenoxy) is 2. The number of nitrogens with zero attached hydrogens (tertiary/aromatic N) is 2. The number of hydrogen-bond acceptors (Lipinski definition) is 5. The summed E-state index contributed by atoms with van der Waals surface area (Å²) in [5, 5.41) is 17.8. The first-order chi connectivity index (χ1) is 10.1. The first-order valence-electron chi connectivity index (χ1n) is 6.03. The maximum Gasteiger partial charge on any atom is 0.354 e. The molecule has 0 radical (unpaired) electrons. The lowest BCUT2D eigenvalue weighted by molar-refractivity contribution is 0.0690. The fourth-order valence-corrected chi connectivity index (χ4v) is 1.67. The third-order valence-corrected chi connectivity index (χ3v) is 2.66. The van der Waals surface area contributed by atoms with Gasteiger partial charge in [0, 0.05) is 6.07 Å². The van der Waals surface area contributed by atoms with Gasteiger partial charge >= 0.3 is 5.97 Å². The second-order valence-electron chi connectivity index (χ2n) is 4.12. The molecular formula is C15H12N2O4. The summed E-state index contributed by atoms with van der Waals surface area (Å²) < 4.78 is 10.6. The Labute approximate surface area is 121 Å². The molecule has 0 unspecified atom stereocenters. The third kappa shape index (κ3) is 3.70. The highest BCUT2D eigenvalue weighted by Gasteiger charge is 2.07. The summed E-state index contributed by atoms with van der Waals surface area (Å²) >= 11 is 0. The molecule has 2 rings (SSSR count). The minimum absolute atomic E-state index is 0.0422. The van der Waals surface area contributed by atoms with Crippen molar-refractivity contribution in [1.82, 2.24) is 4.98 Å². The molecule has 6 heteroatoms. The van der Waals surface area contributed by atoms with Crippen molar-refractivity contribution in [3.05, 3.63) is 53.3 Å². The van der Waals surface area contributed by atoms with Crippen molar-refractivity contribution in [2.75, 3.05) is 7.11 Å². The molecule has 0 aliphatic carbocycles. The van der Waals surface area contributed by atoms with E-state index in [9.17, 15) is 4.79 Å². The maximum atomic E-state index is 10.8. The van der Waals surface area contributed by atoms with Gasteiger partial charge in [0.2, 0.25) is 0 Å². The van der Waals surface area contributed by atoms with Crippen molar-refractivity contribution in [3.8, 4) is 17.6 Å². The number of carboxylic acids is 1. The summed E-state index contributed by atoms with van der Waals surface area (Å²) in [7, 11) is 1.50. The van der Waals surface area contributed by atoms with E-state index in [0.29, 0.717) is 22.8 Å². The highest BCUT2D eigenvalue weighted by Crippen LogP contribution is 2.23. The van der Waals surface area contributed by atoms with E-state index in [1.807, 2.05) is 6.07 Å². The second kappa shape index (κ2) is 6.39. The van der Waals surface area contributed by atoms with Gasteiger partial charge in [-0.05, 0) is 24.3 Å². The molecule has 1 heterocycles. The average molecular weight is 284 g/mol. The molecule has 1 aromatic heterocycles. The Morgan fingerprint density at radius 3 is 2.76 bits per heavy atom. The zero-order valence-electron chi connectivity index (χ0n) is 11.2. The molecule has 0 aliphatic rings. The van der Waals surface area contributed by atoms with Crippen LogP contribution in [0.25, 0.3) is 0 Å². The molecule has 0 aliphatic heterocycles. The fraction of sp³-hybridized carbons (Fsp3) is 0.133. The smallest absolute Gasteiger partial charge is 0.354 e. The van der Waals surface area contributed by atoms with Crippen LogP contribution in [0.1, 0.15) is 21.7 Å². The Morgan fingerprint density at radius 1 is 1.33 bits per heavy atom. The Kier molecular flexibility index (Phi) is 4.36. The number of rotatable bonds is 5. The largest absolute Gasteiger partial charge is 0.497 e. The minimum Gasteiger partial charge on any atom is -0.497 e. The van der Waals surface area contributed by atoms with Gasteiger partial charge in [-0.25, -0.2) is 9.78 Å². The van der Waals surface area contributed by atoms with Crippen LogP contribution < -0.4 is 9.47 Å². The van der Waals surface area contributed by atoms with E-state index in [1.165, 1.54) is 13.2 Å². The summed E-state index contributed by atoms with van der Waals surface area (Å²) in [6, 6.07) is 11.5. The SMILES string of the molecule is COc1cc(C#N)cc(OCc2cccc(C(=O)O)n2)c1. The van der Waals surface area contributed by atoms with E-state index in [1.54, 1.807) is 30.3 Å². The Bertz CT molecular complexity index is 707. The van der Waals surface area contributed by atoms with Crippen LogP contribution in [0.3, 0.4) is 0 Å². The highest BCUT2D eigenvalue weighted by molar-refractivity contribution is 5.85. The van der Waals surface area contributed by atoms with Gasteiger partial charge in [0.25, 0.3) is 0 Å². The van der Waals surface area contributed by atoms with Crippen LogP contribution in [-0.2, 0) is 6.61 Å². The molecule has 0 saturated carbocycles. The lowest BCUT2D eigenvalue weighted by atomic mass is 10.2. The molecule has 6 nitrogen and oxygen atoms in total. The van der Waals surface area contributed by atoms with Gasteiger partial charge < -0.3 is 14.6 Å². The number of aromatic nitrogens is 1. The number of nitriles is 1. The van der Waals surface area contributed by atoms with Gasteiger partial charge in [0.15, 0.2) is 0 Å². The number of benzene rings is 1. The van der Waals surface area contributed by atoms with Crippen LogP contribution in [0.15, 0.2) is 36.4 Å². The molecule has 0 spiro atoms. The van der Waals surface area contributed by atoms with Gasteiger partial charge in [0.1, 0.15) is 23.8 Å². The number of pyridine rings is 1. The zero-order valence-corrected chi connectivity index (χ0v) is 11.2. The van der Waals surface area contributed by atoms with Crippen molar-refractivity contribution >= 4 is 5.97 Å².